The summed E-state index contributed by atoms with van der Waals surface area (Å²) in [4.78, 5) is 0. The van der Waals surface area contributed by atoms with Crippen LogP contribution in [0.25, 0.3) is 12.2 Å². The van der Waals surface area contributed by atoms with Crippen molar-refractivity contribution < 1.29 is 0 Å². The van der Waals surface area contributed by atoms with Gasteiger partial charge in [-0.3, -0.25) is 0 Å². The fourth-order valence-corrected chi connectivity index (χ4v) is 1.06. The molecule has 12 heavy (non-hydrogen) atoms. The van der Waals surface area contributed by atoms with Gasteiger partial charge in [0.15, 0.2) is 0 Å². The summed E-state index contributed by atoms with van der Waals surface area (Å²) < 4.78 is 0. The van der Waals surface area contributed by atoms with Gasteiger partial charge in [-0.05, 0) is 12.1 Å². The van der Waals surface area contributed by atoms with Crippen molar-refractivity contribution in [3.8, 4) is 0 Å². The van der Waals surface area contributed by atoms with Crippen LogP contribution in [0.2, 0.25) is 0 Å². The average Bonchev–Trinajstić information content (AvgIpc) is 2.06. The van der Waals surface area contributed by atoms with Crippen molar-refractivity contribution in [2.45, 2.75) is 0 Å². The smallest absolute Gasteiger partial charge is 0.0929 e. The third-order valence-electron chi connectivity index (χ3n) is 1.65. The zero-order chi connectivity index (χ0) is 8.23. The molecule has 0 amide bonds. The normalized spacial score (nSPS) is 13.7. The first kappa shape index (κ1) is 6.98. The van der Waals surface area contributed by atoms with E-state index in [4.69, 9.17) is 0 Å². The first-order valence-electron chi connectivity index (χ1n) is 3.80. The van der Waals surface area contributed by atoms with Crippen molar-refractivity contribution in [1.29, 1.82) is 0 Å². The Morgan fingerprint density at radius 2 is 1.75 bits per heavy atom. The van der Waals surface area contributed by atoms with Crippen LogP contribution in [0.4, 0.5) is 0 Å². The van der Waals surface area contributed by atoms with Gasteiger partial charge in [0, 0.05) is 5.22 Å². The van der Waals surface area contributed by atoms with E-state index in [0.717, 1.165) is 10.6 Å². The van der Waals surface area contributed by atoms with Crippen LogP contribution in [0.3, 0.4) is 0 Å². The van der Waals surface area contributed by atoms with Crippen LogP contribution >= 0.6 is 0 Å². The molecule has 2 rings (SSSR count). The quantitative estimate of drug-likeness (QED) is 0.535. The molecule has 0 N–H and O–H groups in total. The summed E-state index contributed by atoms with van der Waals surface area (Å²) >= 11 is 0. The van der Waals surface area contributed by atoms with E-state index in [2.05, 4.69) is 10.2 Å². The van der Waals surface area contributed by atoms with Gasteiger partial charge in [0.1, 0.15) is 0 Å². The second kappa shape index (κ2) is 3.13. The molecule has 1 aromatic heterocycles. The lowest BCUT2D eigenvalue weighted by atomic mass is 10.2. The standard InChI is InChI=1S/C10H8N2/c1-2-4-6-10-9(5-3-1)7-8-11-12-10/h1-8H. The van der Waals surface area contributed by atoms with E-state index in [1.54, 1.807) is 6.20 Å². The lowest BCUT2D eigenvalue weighted by Crippen LogP contribution is -2.28. The maximum absolute atomic E-state index is 4.00. The molecule has 2 heteroatoms. The summed E-state index contributed by atoms with van der Waals surface area (Å²) in [5.74, 6) is 0. The number of allylic oxidation sites excluding steroid dienone is 4. The van der Waals surface area contributed by atoms with Crippen molar-refractivity contribution in [2.75, 3.05) is 0 Å². The molecule has 0 atom stereocenters. The minimum Gasteiger partial charge on any atom is -0.159 e. The zero-order valence-electron chi connectivity index (χ0n) is 6.51. The minimum atomic E-state index is 0.915. The Labute approximate surface area is 70.3 Å². The van der Waals surface area contributed by atoms with E-state index in [1.807, 2.05) is 42.5 Å². The van der Waals surface area contributed by atoms with Gasteiger partial charge in [0.05, 0.1) is 11.5 Å². The molecule has 0 bridgehead atoms. The number of hydrogen-bond donors (Lipinski definition) is 0. The van der Waals surface area contributed by atoms with Gasteiger partial charge in [-0.1, -0.05) is 30.4 Å². The van der Waals surface area contributed by atoms with Crippen molar-refractivity contribution in [2.24, 2.45) is 0 Å². The van der Waals surface area contributed by atoms with Crippen molar-refractivity contribution >= 4 is 12.2 Å². The fraction of sp³-hybridized carbons (Fsp3) is 0. The van der Waals surface area contributed by atoms with Crippen molar-refractivity contribution in [1.82, 2.24) is 10.2 Å². The zero-order valence-corrected chi connectivity index (χ0v) is 6.51. The highest BCUT2D eigenvalue weighted by Gasteiger charge is 1.84. The van der Waals surface area contributed by atoms with Crippen LogP contribution in [0.5, 0.6) is 0 Å². The highest BCUT2D eigenvalue weighted by atomic mass is 15.1. The fourth-order valence-electron chi connectivity index (χ4n) is 1.06. The third kappa shape index (κ3) is 1.32. The molecule has 0 spiro atoms. The number of aromatic nitrogens is 2. The molecular weight excluding hydrogens is 148 g/mol. The van der Waals surface area contributed by atoms with Crippen LogP contribution in [0, 0.1) is 0 Å². The Morgan fingerprint density at radius 3 is 2.67 bits per heavy atom. The van der Waals surface area contributed by atoms with Crippen LogP contribution in [0.1, 0.15) is 0 Å². The lowest BCUT2D eigenvalue weighted by molar-refractivity contribution is 0.982. The Morgan fingerprint density at radius 1 is 0.917 bits per heavy atom. The first-order valence-corrected chi connectivity index (χ1v) is 3.80. The van der Waals surface area contributed by atoms with Crippen LogP contribution < -0.4 is 10.6 Å². The monoisotopic (exact) mass is 156 g/mol. The molecule has 0 saturated heterocycles. The van der Waals surface area contributed by atoms with E-state index < -0.39 is 0 Å². The summed E-state index contributed by atoms with van der Waals surface area (Å²) in [6.07, 6.45) is 13.6. The largest absolute Gasteiger partial charge is 0.159 e. The van der Waals surface area contributed by atoms with Gasteiger partial charge < -0.3 is 0 Å². The average molecular weight is 156 g/mol. The summed E-state index contributed by atoms with van der Waals surface area (Å²) in [6.45, 7) is 0. The molecule has 0 saturated carbocycles. The number of fused-ring (bicyclic) bond motifs is 1. The number of rotatable bonds is 0. The highest BCUT2D eigenvalue weighted by Crippen LogP contribution is 1.81. The van der Waals surface area contributed by atoms with Gasteiger partial charge in [-0.25, -0.2) is 0 Å². The molecule has 58 valence electrons. The lowest BCUT2D eigenvalue weighted by Gasteiger charge is -1.87. The first-order chi connectivity index (χ1) is 5.97. The van der Waals surface area contributed by atoms with Crippen LogP contribution in [0.15, 0.2) is 36.6 Å². The molecule has 2 nitrogen and oxygen atoms in total. The topological polar surface area (TPSA) is 25.8 Å². The van der Waals surface area contributed by atoms with Crippen molar-refractivity contribution in [3.63, 3.8) is 0 Å². The van der Waals surface area contributed by atoms with E-state index >= 15 is 0 Å². The van der Waals surface area contributed by atoms with E-state index in [9.17, 15) is 0 Å². The Hall–Kier alpha value is -1.70. The molecule has 1 aromatic rings. The maximum Gasteiger partial charge on any atom is 0.0929 e. The summed E-state index contributed by atoms with van der Waals surface area (Å²) in [5, 5.41) is 9.83. The Kier molecular flexibility index (Phi) is 1.82. The highest BCUT2D eigenvalue weighted by molar-refractivity contribution is 5.45. The molecule has 0 unspecified atom stereocenters. The minimum absolute atomic E-state index is 0.915. The van der Waals surface area contributed by atoms with Crippen molar-refractivity contribution in [3.05, 3.63) is 47.1 Å². The second-order valence-corrected chi connectivity index (χ2v) is 2.47. The van der Waals surface area contributed by atoms with Gasteiger partial charge in [-0.15, -0.1) is 0 Å². The summed E-state index contributed by atoms with van der Waals surface area (Å²) in [5.41, 5.74) is 0. The summed E-state index contributed by atoms with van der Waals surface area (Å²) in [6, 6.07) is 1.95. The predicted octanol–water partition coefficient (Wildman–Crippen LogP) is 0.164. The van der Waals surface area contributed by atoms with Crippen LogP contribution in [-0.2, 0) is 0 Å². The maximum atomic E-state index is 4.00. The van der Waals surface area contributed by atoms with Gasteiger partial charge >= 0.3 is 0 Å². The Balaban J connectivity index is 2.80. The van der Waals surface area contributed by atoms with E-state index in [1.165, 1.54) is 0 Å². The molecule has 0 aliphatic heterocycles. The predicted molar refractivity (Wildman–Crippen MR) is 48.5 cm³/mol. The number of hydrogen-bond acceptors (Lipinski definition) is 2. The van der Waals surface area contributed by atoms with Crippen LogP contribution in [-0.4, -0.2) is 10.2 Å². The van der Waals surface area contributed by atoms with Gasteiger partial charge in [0.2, 0.25) is 0 Å². The molecule has 1 aliphatic rings. The molecule has 0 aromatic carbocycles. The van der Waals surface area contributed by atoms with Gasteiger partial charge in [-0.2, -0.15) is 10.2 Å². The molecular formula is C10H8N2. The number of nitrogens with zero attached hydrogens (tertiary/aromatic N) is 2. The summed E-state index contributed by atoms with van der Waals surface area (Å²) in [7, 11) is 0. The molecule has 0 fully saturated rings. The second-order valence-electron chi connectivity index (χ2n) is 2.47. The van der Waals surface area contributed by atoms with Gasteiger partial charge in [0.25, 0.3) is 0 Å². The molecule has 1 heterocycles. The SMILES string of the molecule is C1=CC=c2ccnnc2=CC=C1. The van der Waals surface area contributed by atoms with E-state index in [-0.39, 0.29) is 0 Å². The molecule has 0 radical (unpaired) electrons. The molecule has 1 aliphatic carbocycles. The third-order valence-corrected chi connectivity index (χ3v) is 1.65. The van der Waals surface area contributed by atoms with E-state index in [0.29, 0.717) is 0 Å². The Bertz CT molecular complexity index is 398.